The van der Waals surface area contributed by atoms with E-state index in [4.69, 9.17) is 0 Å². The van der Waals surface area contributed by atoms with Crippen LogP contribution < -0.4 is 5.32 Å². The molecule has 4 heteroatoms. The smallest absolute Gasteiger partial charge is 0.147 e. The Morgan fingerprint density at radius 2 is 2.12 bits per heavy atom. The van der Waals surface area contributed by atoms with E-state index >= 15 is 0 Å². The maximum absolute atomic E-state index is 4.27. The van der Waals surface area contributed by atoms with Crippen molar-refractivity contribution in [1.29, 1.82) is 0 Å². The minimum absolute atomic E-state index is 0.842. The van der Waals surface area contributed by atoms with Gasteiger partial charge in [-0.2, -0.15) is 0 Å². The molecule has 1 saturated carbocycles. The molecule has 1 aliphatic rings. The van der Waals surface area contributed by atoms with Crippen LogP contribution in [0.15, 0.2) is 12.4 Å². The standard InChI is InChI=1S/C12H20N4/c1-3-16(11-4-5-11)9-8-15-12-10(2)13-6-7-14-12/h6-7,11H,3-5,8-9H2,1-2H3,(H,14,15). The molecule has 1 heterocycles. The first-order chi connectivity index (χ1) is 7.81. The Hall–Kier alpha value is -1.16. The van der Waals surface area contributed by atoms with Crippen molar-refractivity contribution in [3.8, 4) is 0 Å². The fourth-order valence-corrected chi connectivity index (χ4v) is 1.94. The number of hydrogen-bond donors (Lipinski definition) is 1. The summed E-state index contributed by atoms with van der Waals surface area (Å²) in [5.74, 6) is 0.911. The molecule has 0 aliphatic heterocycles. The van der Waals surface area contributed by atoms with Crippen molar-refractivity contribution in [3.63, 3.8) is 0 Å². The monoisotopic (exact) mass is 220 g/mol. The Bertz CT molecular complexity index is 336. The molecular weight excluding hydrogens is 200 g/mol. The van der Waals surface area contributed by atoms with Gasteiger partial charge in [0.05, 0.1) is 5.69 Å². The lowest BCUT2D eigenvalue weighted by Crippen LogP contribution is -2.31. The zero-order valence-electron chi connectivity index (χ0n) is 10.1. The van der Waals surface area contributed by atoms with Crippen LogP contribution in [0.2, 0.25) is 0 Å². The van der Waals surface area contributed by atoms with Crippen LogP contribution in [-0.4, -0.2) is 40.5 Å². The van der Waals surface area contributed by atoms with E-state index in [0.717, 1.165) is 37.2 Å². The molecule has 1 aromatic rings. The molecule has 0 atom stereocenters. The Morgan fingerprint density at radius 1 is 1.38 bits per heavy atom. The summed E-state index contributed by atoms with van der Waals surface area (Å²) < 4.78 is 0. The number of nitrogens with one attached hydrogen (secondary N) is 1. The van der Waals surface area contributed by atoms with Crippen molar-refractivity contribution in [2.45, 2.75) is 32.7 Å². The van der Waals surface area contributed by atoms with Gasteiger partial charge in [-0.25, -0.2) is 4.98 Å². The first kappa shape index (κ1) is 11.3. The highest BCUT2D eigenvalue weighted by Gasteiger charge is 2.27. The minimum atomic E-state index is 0.842. The number of anilines is 1. The normalized spacial score (nSPS) is 15.4. The second-order valence-electron chi connectivity index (χ2n) is 4.28. The van der Waals surface area contributed by atoms with Gasteiger partial charge in [0.1, 0.15) is 5.82 Å². The number of rotatable bonds is 6. The lowest BCUT2D eigenvalue weighted by molar-refractivity contribution is 0.289. The highest BCUT2D eigenvalue weighted by atomic mass is 15.2. The zero-order valence-corrected chi connectivity index (χ0v) is 10.1. The second-order valence-corrected chi connectivity index (χ2v) is 4.28. The molecule has 4 nitrogen and oxygen atoms in total. The van der Waals surface area contributed by atoms with Gasteiger partial charge in [0.25, 0.3) is 0 Å². The zero-order chi connectivity index (χ0) is 11.4. The maximum Gasteiger partial charge on any atom is 0.147 e. The molecule has 2 rings (SSSR count). The van der Waals surface area contributed by atoms with Gasteiger partial charge >= 0.3 is 0 Å². The van der Waals surface area contributed by atoms with Crippen molar-refractivity contribution >= 4 is 5.82 Å². The lowest BCUT2D eigenvalue weighted by Gasteiger charge is -2.20. The summed E-state index contributed by atoms with van der Waals surface area (Å²) in [4.78, 5) is 11.0. The molecule has 1 N–H and O–H groups in total. The fourth-order valence-electron chi connectivity index (χ4n) is 1.94. The number of nitrogens with zero attached hydrogens (tertiary/aromatic N) is 3. The average molecular weight is 220 g/mol. The molecule has 0 aromatic carbocycles. The Balaban J connectivity index is 1.77. The van der Waals surface area contributed by atoms with Crippen molar-refractivity contribution in [1.82, 2.24) is 14.9 Å². The third-order valence-electron chi connectivity index (χ3n) is 3.04. The van der Waals surface area contributed by atoms with Crippen molar-refractivity contribution in [2.24, 2.45) is 0 Å². The van der Waals surface area contributed by atoms with E-state index in [2.05, 4.69) is 27.1 Å². The molecule has 0 spiro atoms. The van der Waals surface area contributed by atoms with Crippen LogP contribution in [0.25, 0.3) is 0 Å². The minimum Gasteiger partial charge on any atom is -0.367 e. The maximum atomic E-state index is 4.27. The first-order valence-corrected chi connectivity index (χ1v) is 6.06. The molecule has 0 unspecified atom stereocenters. The lowest BCUT2D eigenvalue weighted by atomic mass is 10.4. The molecule has 0 radical (unpaired) electrons. The van der Waals surface area contributed by atoms with Gasteiger partial charge in [0, 0.05) is 31.5 Å². The largest absolute Gasteiger partial charge is 0.367 e. The number of likely N-dealkylation sites (N-methyl/N-ethyl adjacent to an activating group) is 1. The Labute approximate surface area is 97.1 Å². The predicted molar refractivity (Wildman–Crippen MR) is 65.5 cm³/mol. The molecule has 1 fully saturated rings. The number of hydrogen-bond acceptors (Lipinski definition) is 4. The molecule has 16 heavy (non-hydrogen) atoms. The average Bonchev–Trinajstić information content (AvgIpc) is 3.11. The van der Waals surface area contributed by atoms with E-state index in [1.54, 1.807) is 12.4 Å². The Kier molecular flexibility index (Phi) is 3.72. The van der Waals surface area contributed by atoms with Crippen molar-refractivity contribution in [2.75, 3.05) is 25.0 Å². The van der Waals surface area contributed by atoms with Gasteiger partial charge < -0.3 is 5.32 Å². The summed E-state index contributed by atoms with van der Waals surface area (Å²) in [5, 5.41) is 3.35. The molecular formula is C12H20N4. The van der Waals surface area contributed by atoms with Crippen LogP contribution >= 0.6 is 0 Å². The van der Waals surface area contributed by atoms with E-state index in [1.807, 2.05) is 6.92 Å². The SMILES string of the molecule is CCN(CCNc1nccnc1C)C1CC1. The van der Waals surface area contributed by atoms with Crippen molar-refractivity contribution in [3.05, 3.63) is 18.1 Å². The third kappa shape index (κ3) is 2.92. The number of aromatic nitrogens is 2. The Morgan fingerprint density at radius 3 is 2.75 bits per heavy atom. The van der Waals surface area contributed by atoms with Gasteiger partial charge in [-0.3, -0.25) is 9.88 Å². The van der Waals surface area contributed by atoms with Crippen LogP contribution in [0, 0.1) is 6.92 Å². The molecule has 0 saturated heterocycles. The summed E-state index contributed by atoms with van der Waals surface area (Å²) in [6.07, 6.45) is 6.20. The van der Waals surface area contributed by atoms with Gasteiger partial charge in [-0.15, -0.1) is 0 Å². The molecule has 0 amide bonds. The van der Waals surface area contributed by atoms with E-state index in [0.29, 0.717) is 0 Å². The first-order valence-electron chi connectivity index (χ1n) is 6.06. The van der Waals surface area contributed by atoms with Crippen LogP contribution in [-0.2, 0) is 0 Å². The summed E-state index contributed by atoms with van der Waals surface area (Å²) in [7, 11) is 0. The van der Waals surface area contributed by atoms with Gasteiger partial charge in [0.15, 0.2) is 0 Å². The van der Waals surface area contributed by atoms with E-state index < -0.39 is 0 Å². The van der Waals surface area contributed by atoms with Gasteiger partial charge in [0.2, 0.25) is 0 Å². The molecule has 1 aliphatic carbocycles. The summed E-state index contributed by atoms with van der Waals surface area (Å²) >= 11 is 0. The number of aryl methyl sites for hydroxylation is 1. The highest BCUT2D eigenvalue weighted by molar-refractivity contribution is 5.38. The topological polar surface area (TPSA) is 41.0 Å². The summed E-state index contributed by atoms with van der Waals surface area (Å²) in [6, 6.07) is 0.842. The van der Waals surface area contributed by atoms with Crippen molar-refractivity contribution < 1.29 is 0 Å². The van der Waals surface area contributed by atoms with E-state index in [9.17, 15) is 0 Å². The predicted octanol–water partition coefficient (Wildman–Crippen LogP) is 1.68. The van der Waals surface area contributed by atoms with Gasteiger partial charge in [-0.1, -0.05) is 6.92 Å². The van der Waals surface area contributed by atoms with Crippen LogP contribution in [0.5, 0.6) is 0 Å². The van der Waals surface area contributed by atoms with Crippen LogP contribution in [0.4, 0.5) is 5.82 Å². The van der Waals surface area contributed by atoms with E-state index in [1.165, 1.54) is 12.8 Å². The summed E-state index contributed by atoms with van der Waals surface area (Å²) in [6.45, 7) is 7.40. The fraction of sp³-hybridized carbons (Fsp3) is 0.667. The molecule has 88 valence electrons. The molecule has 0 bridgehead atoms. The van der Waals surface area contributed by atoms with Crippen LogP contribution in [0.3, 0.4) is 0 Å². The third-order valence-corrected chi connectivity index (χ3v) is 3.04. The molecule has 1 aromatic heterocycles. The second kappa shape index (κ2) is 5.25. The highest BCUT2D eigenvalue weighted by Crippen LogP contribution is 2.25. The van der Waals surface area contributed by atoms with Gasteiger partial charge in [-0.05, 0) is 26.3 Å². The summed E-state index contributed by atoms with van der Waals surface area (Å²) in [5.41, 5.74) is 0.969. The van der Waals surface area contributed by atoms with Crippen LogP contribution in [0.1, 0.15) is 25.5 Å². The quantitative estimate of drug-likeness (QED) is 0.792. The van der Waals surface area contributed by atoms with E-state index in [-0.39, 0.29) is 0 Å².